The Labute approximate surface area is 79.4 Å². The van der Waals surface area contributed by atoms with Gasteiger partial charge in [-0.3, -0.25) is 9.20 Å². The zero-order valence-corrected chi connectivity index (χ0v) is 7.57. The lowest BCUT2D eigenvalue weighted by molar-refractivity contribution is 0.0960. The van der Waals surface area contributed by atoms with Crippen molar-refractivity contribution >= 4 is 11.4 Å². The summed E-state index contributed by atoms with van der Waals surface area (Å²) in [6.45, 7) is 0. The van der Waals surface area contributed by atoms with Crippen molar-refractivity contribution < 1.29 is 4.79 Å². The fourth-order valence-electron chi connectivity index (χ4n) is 1.35. The second-order valence-electron chi connectivity index (χ2n) is 2.84. The summed E-state index contributed by atoms with van der Waals surface area (Å²) in [6, 6.07) is 5.22. The molecule has 0 aromatic carbocycles. The molecule has 0 saturated heterocycles. The van der Waals surface area contributed by atoms with Gasteiger partial charge < -0.3 is 10.3 Å². The number of carbonyl (C=O) groups is 1. The number of pyridine rings is 1. The number of hydrogen-bond donors (Lipinski definition) is 2. The van der Waals surface area contributed by atoms with Crippen LogP contribution in [0, 0.1) is 0 Å². The smallest absolute Gasteiger partial charge is 0.330 e. The van der Waals surface area contributed by atoms with Crippen LogP contribution in [0.1, 0.15) is 10.5 Å². The summed E-state index contributed by atoms with van der Waals surface area (Å²) in [7, 11) is 1.52. The third-order valence-corrected chi connectivity index (χ3v) is 2.02. The van der Waals surface area contributed by atoms with Gasteiger partial charge in [-0.15, -0.1) is 0 Å². The molecule has 0 aliphatic carbocycles. The van der Waals surface area contributed by atoms with Crippen LogP contribution in [0.4, 0.5) is 0 Å². The highest BCUT2D eigenvalue weighted by atomic mass is 16.2. The number of fused-ring (bicyclic) bond motifs is 1. The van der Waals surface area contributed by atoms with Gasteiger partial charge in [0.2, 0.25) is 0 Å². The molecule has 0 radical (unpaired) electrons. The van der Waals surface area contributed by atoms with Crippen LogP contribution in [-0.4, -0.2) is 22.3 Å². The highest BCUT2D eigenvalue weighted by Gasteiger charge is 2.11. The van der Waals surface area contributed by atoms with Gasteiger partial charge in [0.25, 0.3) is 5.91 Å². The van der Waals surface area contributed by atoms with Crippen molar-refractivity contribution in [1.82, 2.24) is 14.7 Å². The van der Waals surface area contributed by atoms with E-state index in [1.807, 2.05) is 0 Å². The molecular weight excluding hydrogens is 182 g/mol. The molecule has 0 saturated carbocycles. The fourth-order valence-corrected chi connectivity index (χ4v) is 1.35. The van der Waals surface area contributed by atoms with Gasteiger partial charge in [-0.1, -0.05) is 6.07 Å². The van der Waals surface area contributed by atoms with E-state index in [9.17, 15) is 9.59 Å². The summed E-state index contributed by atoms with van der Waals surface area (Å²) in [5, 5.41) is 2.46. The van der Waals surface area contributed by atoms with Crippen LogP contribution < -0.4 is 11.0 Å². The predicted molar refractivity (Wildman–Crippen MR) is 51.4 cm³/mol. The topological polar surface area (TPSA) is 66.4 Å². The maximum absolute atomic E-state index is 11.3. The summed E-state index contributed by atoms with van der Waals surface area (Å²) in [4.78, 5) is 25.2. The quantitative estimate of drug-likeness (QED) is 0.665. The van der Waals surface area contributed by atoms with E-state index in [-0.39, 0.29) is 17.3 Å². The summed E-state index contributed by atoms with van der Waals surface area (Å²) >= 11 is 0. The fraction of sp³-hybridized carbons (Fsp3) is 0.111. The van der Waals surface area contributed by atoms with Gasteiger partial charge in [0, 0.05) is 13.2 Å². The van der Waals surface area contributed by atoms with Crippen molar-refractivity contribution in [3.05, 3.63) is 40.6 Å². The van der Waals surface area contributed by atoms with E-state index in [2.05, 4.69) is 10.3 Å². The third-order valence-electron chi connectivity index (χ3n) is 2.02. The van der Waals surface area contributed by atoms with Crippen molar-refractivity contribution in [1.29, 1.82) is 0 Å². The summed E-state index contributed by atoms with van der Waals surface area (Å²) in [5.74, 6) is -0.296. The maximum atomic E-state index is 11.3. The van der Waals surface area contributed by atoms with Crippen LogP contribution in [0.3, 0.4) is 0 Å². The van der Waals surface area contributed by atoms with Crippen molar-refractivity contribution in [2.45, 2.75) is 0 Å². The highest BCUT2D eigenvalue weighted by molar-refractivity contribution is 5.98. The Hall–Kier alpha value is -2.04. The SMILES string of the molecule is CNC(=O)c1[nH]c(=O)n2ccccc12. The first-order valence-electron chi connectivity index (χ1n) is 4.15. The van der Waals surface area contributed by atoms with E-state index in [4.69, 9.17) is 0 Å². The number of H-pyrrole nitrogens is 1. The zero-order chi connectivity index (χ0) is 10.1. The number of aromatic amines is 1. The van der Waals surface area contributed by atoms with Crippen molar-refractivity contribution in [3.8, 4) is 0 Å². The minimum Gasteiger partial charge on any atom is -0.354 e. The van der Waals surface area contributed by atoms with Gasteiger partial charge in [-0.2, -0.15) is 0 Å². The lowest BCUT2D eigenvalue weighted by Gasteiger charge is -1.95. The number of carbonyl (C=O) groups excluding carboxylic acids is 1. The van der Waals surface area contributed by atoms with Gasteiger partial charge in [0.1, 0.15) is 5.69 Å². The first-order valence-corrected chi connectivity index (χ1v) is 4.15. The maximum Gasteiger partial charge on any atom is 0.330 e. The normalized spacial score (nSPS) is 10.4. The number of aromatic nitrogens is 2. The average molecular weight is 191 g/mol. The van der Waals surface area contributed by atoms with E-state index in [1.165, 1.54) is 11.4 Å². The summed E-state index contributed by atoms with van der Waals surface area (Å²) in [6.07, 6.45) is 1.61. The predicted octanol–water partition coefficient (Wildman–Crippen LogP) is -0.0128. The van der Waals surface area contributed by atoms with E-state index >= 15 is 0 Å². The Bertz CT molecular complexity index is 538. The van der Waals surface area contributed by atoms with E-state index in [0.29, 0.717) is 5.52 Å². The van der Waals surface area contributed by atoms with Gasteiger partial charge in [0.05, 0.1) is 5.52 Å². The molecule has 0 fully saturated rings. The molecule has 2 aromatic heterocycles. The van der Waals surface area contributed by atoms with Crippen LogP contribution in [0.2, 0.25) is 0 Å². The average Bonchev–Trinajstić information content (AvgIpc) is 2.56. The van der Waals surface area contributed by atoms with Crippen LogP contribution >= 0.6 is 0 Å². The number of hydrogen-bond acceptors (Lipinski definition) is 2. The van der Waals surface area contributed by atoms with Gasteiger partial charge >= 0.3 is 5.69 Å². The molecule has 1 amide bonds. The molecule has 2 N–H and O–H groups in total. The van der Waals surface area contributed by atoms with Crippen molar-refractivity contribution in [2.24, 2.45) is 0 Å². The molecule has 5 nitrogen and oxygen atoms in total. The van der Waals surface area contributed by atoms with Crippen molar-refractivity contribution in [3.63, 3.8) is 0 Å². The van der Waals surface area contributed by atoms with E-state index in [1.54, 1.807) is 24.4 Å². The molecule has 5 heteroatoms. The lowest BCUT2D eigenvalue weighted by atomic mass is 10.3. The summed E-state index contributed by atoms with van der Waals surface area (Å²) < 4.78 is 1.39. The van der Waals surface area contributed by atoms with Gasteiger partial charge in [0.15, 0.2) is 0 Å². The molecular formula is C9H9N3O2. The minimum absolute atomic E-state index is 0.290. The minimum atomic E-state index is -0.306. The van der Waals surface area contributed by atoms with Gasteiger partial charge in [-0.25, -0.2) is 4.79 Å². The Morgan fingerprint density at radius 2 is 2.29 bits per heavy atom. The second-order valence-corrected chi connectivity index (χ2v) is 2.84. The van der Waals surface area contributed by atoms with Crippen LogP contribution in [0.5, 0.6) is 0 Å². The number of nitrogens with one attached hydrogen (secondary N) is 2. The zero-order valence-electron chi connectivity index (χ0n) is 7.57. The molecule has 0 bridgehead atoms. The highest BCUT2D eigenvalue weighted by Crippen LogP contribution is 2.04. The van der Waals surface area contributed by atoms with Crippen LogP contribution in [0.15, 0.2) is 29.2 Å². The molecule has 72 valence electrons. The first kappa shape index (κ1) is 8.55. The van der Waals surface area contributed by atoms with Crippen LogP contribution in [-0.2, 0) is 0 Å². The number of amides is 1. The monoisotopic (exact) mass is 191 g/mol. The standard InChI is InChI=1S/C9H9N3O2/c1-10-8(13)7-6-4-2-3-5-12(6)9(14)11-7/h2-5H,1H3,(H,10,13)(H,11,14). The van der Waals surface area contributed by atoms with Crippen LogP contribution in [0.25, 0.3) is 5.52 Å². The lowest BCUT2D eigenvalue weighted by Crippen LogP contribution is -2.19. The molecule has 2 rings (SSSR count). The second kappa shape index (κ2) is 3.02. The Kier molecular flexibility index (Phi) is 1.85. The molecule has 0 aliphatic heterocycles. The molecule has 2 aromatic rings. The molecule has 2 heterocycles. The first-order chi connectivity index (χ1) is 6.74. The Balaban J connectivity index is 2.79. The molecule has 0 spiro atoms. The number of rotatable bonds is 1. The third kappa shape index (κ3) is 1.10. The van der Waals surface area contributed by atoms with E-state index in [0.717, 1.165) is 0 Å². The molecule has 0 aliphatic rings. The Morgan fingerprint density at radius 1 is 1.50 bits per heavy atom. The molecule has 0 atom stereocenters. The van der Waals surface area contributed by atoms with Crippen molar-refractivity contribution in [2.75, 3.05) is 7.05 Å². The number of imidazole rings is 1. The molecule has 0 unspecified atom stereocenters. The number of nitrogens with zero attached hydrogens (tertiary/aromatic N) is 1. The van der Waals surface area contributed by atoms with E-state index < -0.39 is 0 Å². The largest absolute Gasteiger partial charge is 0.354 e. The Morgan fingerprint density at radius 3 is 3.00 bits per heavy atom. The molecule has 14 heavy (non-hydrogen) atoms. The summed E-state index contributed by atoms with van der Waals surface area (Å²) in [5.41, 5.74) is 0.564. The van der Waals surface area contributed by atoms with Gasteiger partial charge in [-0.05, 0) is 12.1 Å².